The fraction of sp³-hybridized carbons (Fsp3) is 0.360. The zero-order chi connectivity index (χ0) is 20.4. The van der Waals surface area contributed by atoms with Crippen LogP contribution in [0, 0.1) is 19.8 Å². The van der Waals surface area contributed by atoms with Crippen molar-refractivity contribution < 1.29 is 9.90 Å². The molecule has 4 rings (SSSR count). The van der Waals surface area contributed by atoms with E-state index < -0.39 is 6.10 Å². The van der Waals surface area contributed by atoms with Crippen molar-refractivity contribution in [2.75, 3.05) is 13.1 Å². The van der Waals surface area contributed by atoms with Crippen LogP contribution in [0.1, 0.15) is 28.7 Å². The first-order valence-corrected chi connectivity index (χ1v) is 10.4. The molecule has 1 aromatic heterocycles. The normalized spacial score (nSPS) is 19.1. The molecule has 3 aromatic rings. The number of hydrogen-bond donors (Lipinski definition) is 1. The van der Waals surface area contributed by atoms with Crippen LogP contribution in [0.25, 0.3) is 10.9 Å². The maximum atomic E-state index is 12.8. The van der Waals surface area contributed by atoms with Crippen LogP contribution in [0.2, 0.25) is 0 Å². The van der Waals surface area contributed by atoms with Crippen molar-refractivity contribution in [3.05, 3.63) is 77.0 Å². The molecule has 1 amide bonds. The number of aliphatic hydroxyl groups is 1. The maximum absolute atomic E-state index is 12.8. The van der Waals surface area contributed by atoms with E-state index >= 15 is 0 Å². The molecule has 1 aliphatic heterocycles. The SMILES string of the molecule is Cc1ccc(CCC(=O)N2C[C@@H](Cc3ccnc4ccccc34)[C@H](O)C2)c(C)c1. The highest BCUT2D eigenvalue weighted by molar-refractivity contribution is 5.82. The maximum Gasteiger partial charge on any atom is 0.223 e. The smallest absolute Gasteiger partial charge is 0.223 e. The highest BCUT2D eigenvalue weighted by Gasteiger charge is 2.34. The molecule has 2 aromatic carbocycles. The lowest BCUT2D eigenvalue weighted by atomic mass is 9.94. The molecule has 0 bridgehead atoms. The average Bonchev–Trinajstić information content (AvgIpc) is 3.08. The van der Waals surface area contributed by atoms with Gasteiger partial charge in [0.05, 0.1) is 11.6 Å². The van der Waals surface area contributed by atoms with Crippen molar-refractivity contribution in [2.45, 2.75) is 39.2 Å². The minimum absolute atomic E-state index is 0.0610. The van der Waals surface area contributed by atoms with Gasteiger partial charge in [-0.3, -0.25) is 9.78 Å². The van der Waals surface area contributed by atoms with Crippen LogP contribution < -0.4 is 0 Å². The molecule has 29 heavy (non-hydrogen) atoms. The number of aryl methyl sites for hydroxylation is 3. The van der Waals surface area contributed by atoms with Crippen LogP contribution in [-0.2, 0) is 17.6 Å². The number of rotatable bonds is 5. The van der Waals surface area contributed by atoms with Gasteiger partial charge in [0.25, 0.3) is 0 Å². The standard InChI is InChI=1S/C25H28N2O2/c1-17-7-8-19(18(2)13-17)9-10-25(29)27-15-21(24(28)16-27)14-20-11-12-26-23-6-4-3-5-22(20)23/h3-8,11-13,21,24,28H,9-10,14-16H2,1-2H3/t21-,24-/m1/s1. The van der Waals surface area contributed by atoms with Crippen molar-refractivity contribution in [2.24, 2.45) is 5.92 Å². The number of benzene rings is 2. The second-order valence-electron chi connectivity index (χ2n) is 8.25. The molecule has 0 unspecified atom stereocenters. The minimum atomic E-state index is -0.480. The number of aliphatic hydroxyl groups excluding tert-OH is 1. The predicted molar refractivity (Wildman–Crippen MR) is 116 cm³/mol. The molecule has 2 atom stereocenters. The van der Waals surface area contributed by atoms with Crippen LogP contribution >= 0.6 is 0 Å². The van der Waals surface area contributed by atoms with Gasteiger partial charge >= 0.3 is 0 Å². The third-order valence-electron chi connectivity index (χ3n) is 6.09. The lowest BCUT2D eigenvalue weighted by Gasteiger charge is -2.17. The summed E-state index contributed by atoms with van der Waals surface area (Å²) in [7, 11) is 0. The van der Waals surface area contributed by atoms with Crippen LogP contribution in [0.5, 0.6) is 0 Å². The second kappa shape index (κ2) is 8.34. The molecule has 0 radical (unpaired) electrons. The van der Waals surface area contributed by atoms with Gasteiger partial charge in [0.2, 0.25) is 5.91 Å². The molecule has 1 fully saturated rings. The van der Waals surface area contributed by atoms with Crippen LogP contribution in [0.15, 0.2) is 54.7 Å². The quantitative estimate of drug-likeness (QED) is 0.722. The lowest BCUT2D eigenvalue weighted by Crippen LogP contribution is -2.29. The number of nitrogens with zero attached hydrogens (tertiary/aromatic N) is 2. The fourth-order valence-electron chi connectivity index (χ4n) is 4.40. The van der Waals surface area contributed by atoms with Crippen molar-refractivity contribution in [3.63, 3.8) is 0 Å². The van der Waals surface area contributed by atoms with Crippen molar-refractivity contribution in [3.8, 4) is 0 Å². The third kappa shape index (κ3) is 4.33. The number of para-hydroxylation sites is 1. The van der Waals surface area contributed by atoms with Gasteiger partial charge in [0.1, 0.15) is 0 Å². The molecule has 1 saturated heterocycles. The zero-order valence-electron chi connectivity index (χ0n) is 17.1. The lowest BCUT2D eigenvalue weighted by molar-refractivity contribution is -0.130. The van der Waals surface area contributed by atoms with E-state index in [1.807, 2.05) is 35.4 Å². The van der Waals surface area contributed by atoms with E-state index in [2.05, 4.69) is 43.1 Å². The van der Waals surface area contributed by atoms with Crippen LogP contribution in [0.3, 0.4) is 0 Å². The number of β-amino-alcohol motifs (C(OH)–C–C–N with tert-alkyl or cyclic N) is 1. The van der Waals surface area contributed by atoms with Crippen molar-refractivity contribution in [1.29, 1.82) is 0 Å². The molecule has 150 valence electrons. The third-order valence-corrected chi connectivity index (χ3v) is 6.09. The number of fused-ring (bicyclic) bond motifs is 1. The van der Waals surface area contributed by atoms with Gasteiger partial charge < -0.3 is 10.0 Å². The van der Waals surface area contributed by atoms with E-state index in [4.69, 9.17) is 0 Å². The van der Waals surface area contributed by atoms with E-state index in [1.165, 1.54) is 22.3 Å². The number of hydrogen-bond acceptors (Lipinski definition) is 3. The number of carbonyl (C=O) groups excluding carboxylic acids is 1. The largest absolute Gasteiger partial charge is 0.391 e. The number of pyridine rings is 1. The number of aromatic nitrogens is 1. The Morgan fingerprint density at radius 1 is 1.10 bits per heavy atom. The Kier molecular flexibility index (Phi) is 5.63. The molecule has 0 saturated carbocycles. The van der Waals surface area contributed by atoms with Gasteiger partial charge in [-0.1, -0.05) is 42.0 Å². The van der Waals surface area contributed by atoms with E-state index in [0.29, 0.717) is 19.5 Å². The Balaban J connectivity index is 1.39. The summed E-state index contributed by atoms with van der Waals surface area (Å²) in [5, 5.41) is 11.7. The zero-order valence-corrected chi connectivity index (χ0v) is 17.1. The summed E-state index contributed by atoms with van der Waals surface area (Å²) in [6.45, 7) is 5.23. The van der Waals surface area contributed by atoms with E-state index in [-0.39, 0.29) is 11.8 Å². The summed E-state index contributed by atoms with van der Waals surface area (Å²) < 4.78 is 0. The first-order chi connectivity index (χ1) is 14.0. The van der Waals surface area contributed by atoms with Crippen LogP contribution in [-0.4, -0.2) is 40.1 Å². The Bertz CT molecular complexity index is 1030. The minimum Gasteiger partial charge on any atom is -0.391 e. The van der Waals surface area contributed by atoms with E-state index in [0.717, 1.165) is 23.7 Å². The van der Waals surface area contributed by atoms with E-state index in [9.17, 15) is 9.90 Å². The summed E-state index contributed by atoms with van der Waals surface area (Å²) in [5.74, 6) is 0.192. The van der Waals surface area contributed by atoms with E-state index in [1.54, 1.807) is 0 Å². The summed E-state index contributed by atoms with van der Waals surface area (Å²) in [4.78, 5) is 19.0. The number of amides is 1. The van der Waals surface area contributed by atoms with Crippen molar-refractivity contribution in [1.82, 2.24) is 9.88 Å². The molecule has 1 aliphatic rings. The Hall–Kier alpha value is -2.72. The average molecular weight is 389 g/mol. The highest BCUT2D eigenvalue weighted by atomic mass is 16.3. The summed E-state index contributed by atoms with van der Waals surface area (Å²) in [5.41, 5.74) is 5.86. The molecule has 1 N–H and O–H groups in total. The van der Waals surface area contributed by atoms with Gasteiger partial charge in [-0.2, -0.15) is 0 Å². The summed E-state index contributed by atoms with van der Waals surface area (Å²) in [6, 6.07) is 16.5. The Labute approximate surface area is 172 Å². The van der Waals surface area contributed by atoms with Gasteiger partial charge in [0.15, 0.2) is 0 Å². The highest BCUT2D eigenvalue weighted by Crippen LogP contribution is 2.26. The molecule has 0 spiro atoms. The molecule has 4 heteroatoms. The molecular formula is C25H28N2O2. The topological polar surface area (TPSA) is 53.4 Å². The summed E-state index contributed by atoms with van der Waals surface area (Å²) in [6.07, 6.45) is 3.34. The fourth-order valence-corrected chi connectivity index (χ4v) is 4.40. The number of carbonyl (C=O) groups is 1. The first kappa shape index (κ1) is 19.6. The monoisotopic (exact) mass is 388 g/mol. The number of likely N-dealkylation sites (tertiary alicyclic amines) is 1. The van der Waals surface area contributed by atoms with Crippen molar-refractivity contribution >= 4 is 16.8 Å². The first-order valence-electron chi connectivity index (χ1n) is 10.4. The molecule has 0 aliphatic carbocycles. The van der Waals surface area contributed by atoms with Gasteiger partial charge in [-0.15, -0.1) is 0 Å². The predicted octanol–water partition coefficient (Wildman–Crippen LogP) is 3.85. The van der Waals surface area contributed by atoms with Crippen LogP contribution in [0.4, 0.5) is 0 Å². The van der Waals surface area contributed by atoms with Gasteiger partial charge in [-0.25, -0.2) is 0 Å². The molecule has 4 nitrogen and oxygen atoms in total. The second-order valence-corrected chi connectivity index (χ2v) is 8.25. The Morgan fingerprint density at radius 3 is 2.76 bits per heavy atom. The Morgan fingerprint density at radius 2 is 1.93 bits per heavy atom. The van der Waals surface area contributed by atoms with Gasteiger partial charge in [-0.05, 0) is 55.5 Å². The van der Waals surface area contributed by atoms with Gasteiger partial charge in [0, 0.05) is 37.0 Å². The molecule has 2 heterocycles. The summed E-state index contributed by atoms with van der Waals surface area (Å²) >= 11 is 0. The molecular weight excluding hydrogens is 360 g/mol.